The van der Waals surface area contributed by atoms with Crippen LogP contribution in [0.15, 0.2) is 29.6 Å². The van der Waals surface area contributed by atoms with E-state index in [9.17, 15) is 9.59 Å². The second kappa shape index (κ2) is 6.42. The maximum Gasteiger partial charge on any atom is 0.290 e. The molecule has 2 aromatic heterocycles. The van der Waals surface area contributed by atoms with E-state index in [1.165, 1.54) is 18.6 Å². The molecule has 1 aliphatic heterocycles. The van der Waals surface area contributed by atoms with E-state index in [0.29, 0.717) is 12.4 Å². The first-order valence-corrected chi connectivity index (χ1v) is 7.31. The van der Waals surface area contributed by atoms with Crippen molar-refractivity contribution < 1.29 is 4.79 Å². The van der Waals surface area contributed by atoms with Gasteiger partial charge in [0.2, 0.25) is 0 Å². The Kier molecular flexibility index (Phi) is 4.18. The highest BCUT2D eigenvalue weighted by molar-refractivity contribution is 5.96. The predicted octanol–water partition coefficient (Wildman–Crippen LogP) is -0.459. The van der Waals surface area contributed by atoms with Gasteiger partial charge >= 0.3 is 0 Å². The Bertz CT molecular complexity index is 761. The van der Waals surface area contributed by atoms with E-state index in [2.05, 4.69) is 25.3 Å². The molecule has 1 atom stereocenters. The van der Waals surface area contributed by atoms with Gasteiger partial charge in [0.05, 0.1) is 0 Å². The number of rotatable bonds is 3. The van der Waals surface area contributed by atoms with Crippen LogP contribution in [0.4, 0.5) is 11.6 Å². The van der Waals surface area contributed by atoms with Gasteiger partial charge in [-0.2, -0.15) is 0 Å². The second-order valence-electron chi connectivity index (χ2n) is 5.29. The molecule has 1 unspecified atom stereocenters. The Morgan fingerprint density at radius 2 is 2.13 bits per heavy atom. The zero-order chi connectivity index (χ0) is 16.2. The quantitative estimate of drug-likeness (QED) is 0.698. The molecule has 0 aliphatic carbocycles. The third kappa shape index (κ3) is 3.28. The monoisotopic (exact) mass is 315 g/mol. The van der Waals surface area contributed by atoms with E-state index < -0.39 is 0 Å². The number of piperidine rings is 1. The van der Waals surface area contributed by atoms with Crippen molar-refractivity contribution in [2.24, 2.45) is 0 Å². The summed E-state index contributed by atoms with van der Waals surface area (Å²) in [5.41, 5.74) is 5.54. The molecule has 1 fully saturated rings. The lowest BCUT2D eigenvalue weighted by Crippen LogP contribution is -2.49. The predicted molar refractivity (Wildman–Crippen MR) is 84.0 cm³/mol. The van der Waals surface area contributed by atoms with Gasteiger partial charge in [-0.3, -0.25) is 9.59 Å². The molecule has 1 saturated heterocycles. The number of nitrogens with one attached hydrogen (secondary N) is 2. The first-order chi connectivity index (χ1) is 11.1. The smallest absolute Gasteiger partial charge is 0.290 e. The van der Waals surface area contributed by atoms with E-state index in [1.54, 1.807) is 6.20 Å². The highest BCUT2D eigenvalue weighted by Crippen LogP contribution is 2.15. The standard InChI is InChI=1S/C14H17N7O2/c15-11-10(16-3-4-17-11)13(22)20-9-2-1-7-21(8-9)12-14(23)19-6-5-18-12/h3-6,9H,1-2,7-8H2,(H2,15,17)(H,19,23)(H,20,22). The number of hydrogen-bond donors (Lipinski definition) is 3. The summed E-state index contributed by atoms with van der Waals surface area (Å²) in [6, 6.07) is -0.112. The molecule has 23 heavy (non-hydrogen) atoms. The first-order valence-electron chi connectivity index (χ1n) is 7.31. The van der Waals surface area contributed by atoms with Crippen LogP contribution in [0.3, 0.4) is 0 Å². The van der Waals surface area contributed by atoms with Crippen molar-refractivity contribution in [1.29, 1.82) is 0 Å². The number of nitrogens with two attached hydrogens (primary N) is 1. The molecule has 3 heterocycles. The van der Waals surface area contributed by atoms with Gasteiger partial charge in [0.15, 0.2) is 17.3 Å². The van der Waals surface area contributed by atoms with Crippen molar-refractivity contribution >= 4 is 17.5 Å². The van der Waals surface area contributed by atoms with Crippen molar-refractivity contribution in [3.05, 3.63) is 40.8 Å². The molecule has 4 N–H and O–H groups in total. The van der Waals surface area contributed by atoms with Crippen LogP contribution in [0.5, 0.6) is 0 Å². The van der Waals surface area contributed by atoms with Crippen LogP contribution < -0.4 is 21.5 Å². The number of nitrogens with zero attached hydrogens (tertiary/aromatic N) is 4. The molecule has 1 aliphatic rings. The molecular weight excluding hydrogens is 298 g/mol. The van der Waals surface area contributed by atoms with E-state index in [0.717, 1.165) is 19.4 Å². The highest BCUT2D eigenvalue weighted by atomic mass is 16.2. The number of aromatic nitrogens is 4. The molecule has 120 valence electrons. The van der Waals surface area contributed by atoms with Crippen molar-refractivity contribution in [2.45, 2.75) is 18.9 Å². The largest absolute Gasteiger partial charge is 0.382 e. The van der Waals surface area contributed by atoms with Crippen molar-refractivity contribution in [3.63, 3.8) is 0 Å². The van der Waals surface area contributed by atoms with Crippen LogP contribution >= 0.6 is 0 Å². The number of aromatic amines is 1. The number of anilines is 2. The van der Waals surface area contributed by atoms with E-state index in [-0.39, 0.29) is 29.0 Å². The summed E-state index contributed by atoms with van der Waals surface area (Å²) < 4.78 is 0. The molecule has 0 bridgehead atoms. The van der Waals surface area contributed by atoms with Crippen LogP contribution in [0.1, 0.15) is 23.3 Å². The fourth-order valence-electron chi connectivity index (χ4n) is 2.63. The van der Waals surface area contributed by atoms with Gasteiger partial charge in [0.25, 0.3) is 11.5 Å². The van der Waals surface area contributed by atoms with Crippen LogP contribution in [-0.2, 0) is 0 Å². The number of carbonyl (C=O) groups excluding carboxylic acids is 1. The van der Waals surface area contributed by atoms with Gasteiger partial charge in [-0.1, -0.05) is 0 Å². The maximum absolute atomic E-state index is 12.2. The highest BCUT2D eigenvalue weighted by Gasteiger charge is 2.25. The topological polar surface area (TPSA) is 130 Å². The molecule has 0 saturated carbocycles. The average Bonchev–Trinajstić information content (AvgIpc) is 2.56. The van der Waals surface area contributed by atoms with Crippen molar-refractivity contribution in [3.8, 4) is 0 Å². The van der Waals surface area contributed by atoms with Gasteiger partial charge < -0.3 is 20.9 Å². The maximum atomic E-state index is 12.2. The van der Waals surface area contributed by atoms with Gasteiger partial charge in [-0.15, -0.1) is 0 Å². The van der Waals surface area contributed by atoms with Gasteiger partial charge in [-0.25, -0.2) is 15.0 Å². The van der Waals surface area contributed by atoms with E-state index in [4.69, 9.17) is 5.73 Å². The molecule has 3 rings (SSSR count). The van der Waals surface area contributed by atoms with Crippen LogP contribution in [-0.4, -0.2) is 45.0 Å². The SMILES string of the molecule is Nc1nccnc1C(=O)NC1CCCN(c2ncc[nH]c2=O)C1. The minimum atomic E-state index is -0.364. The summed E-state index contributed by atoms with van der Waals surface area (Å²) in [5, 5.41) is 2.89. The lowest BCUT2D eigenvalue weighted by Gasteiger charge is -2.33. The van der Waals surface area contributed by atoms with Crippen molar-refractivity contribution in [1.82, 2.24) is 25.3 Å². The van der Waals surface area contributed by atoms with E-state index >= 15 is 0 Å². The van der Waals surface area contributed by atoms with Gasteiger partial charge in [0, 0.05) is 43.9 Å². The minimum Gasteiger partial charge on any atom is -0.382 e. The Morgan fingerprint density at radius 1 is 1.30 bits per heavy atom. The van der Waals surface area contributed by atoms with Gasteiger partial charge in [0.1, 0.15) is 0 Å². The Morgan fingerprint density at radius 3 is 2.91 bits per heavy atom. The Hall–Kier alpha value is -2.97. The third-order valence-corrected chi connectivity index (χ3v) is 3.69. The fourth-order valence-corrected chi connectivity index (χ4v) is 2.63. The molecule has 9 nitrogen and oxygen atoms in total. The van der Waals surface area contributed by atoms with Crippen molar-refractivity contribution in [2.75, 3.05) is 23.7 Å². The number of amides is 1. The van der Waals surface area contributed by atoms with E-state index in [1.807, 2.05) is 4.90 Å². The second-order valence-corrected chi connectivity index (χ2v) is 5.29. The summed E-state index contributed by atoms with van der Waals surface area (Å²) in [7, 11) is 0. The Balaban J connectivity index is 1.70. The molecule has 0 spiro atoms. The third-order valence-electron chi connectivity index (χ3n) is 3.69. The van der Waals surface area contributed by atoms with Crippen LogP contribution in [0.25, 0.3) is 0 Å². The summed E-state index contributed by atoms with van der Waals surface area (Å²) in [5.74, 6) is 0.0988. The minimum absolute atomic E-state index is 0.0961. The average molecular weight is 315 g/mol. The zero-order valence-corrected chi connectivity index (χ0v) is 12.4. The summed E-state index contributed by atoms with van der Waals surface area (Å²) in [6.07, 6.45) is 7.54. The molecule has 0 radical (unpaired) electrons. The molecular formula is C14H17N7O2. The lowest BCUT2D eigenvalue weighted by molar-refractivity contribution is 0.0928. The van der Waals surface area contributed by atoms with Crippen LogP contribution in [0, 0.1) is 0 Å². The lowest BCUT2D eigenvalue weighted by atomic mass is 10.1. The molecule has 9 heteroatoms. The summed E-state index contributed by atoms with van der Waals surface area (Å²) in [6.45, 7) is 1.23. The first kappa shape index (κ1) is 14.9. The number of H-pyrrole nitrogens is 1. The summed E-state index contributed by atoms with van der Waals surface area (Å²) in [4.78, 5) is 40.5. The number of nitrogen functional groups attached to an aromatic ring is 1. The summed E-state index contributed by atoms with van der Waals surface area (Å²) >= 11 is 0. The number of hydrogen-bond acceptors (Lipinski definition) is 7. The van der Waals surface area contributed by atoms with Crippen LogP contribution in [0.2, 0.25) is 0 Å². The van der Waals surface area contributed by atoms with Gasteiger partial charge in [-0.05, 0) is 12.8 Å². The molecule has 1 amide bonds. The number of carbonyl (C=O) groups is 1. The molecule has 2 aromatic rings. The molecule has 0 aromatic carbocycles. The normalized spacial score (nSPS) is 17.7. The fraction of sp³-hybridized carbons (Fsp3) is 0.357. The zero-order valence-electron chi connectivity index (χ0n) is 12.4. The Labute approximate surface area is 132 Å².